The highest BCUT2D eigenvalue weighted by Crippen LogP contribution is 2.25. The molecule has 142 valence electrons. The van der Waals surface area contributed by atoms with Gasteiger partial charge in [0.1, 0.15) is 12.2 Å². The number of fused-ring (bicyclic) bond motifs is 1. The van der Waals surface area contributed by atoms with Gasteiger partial charge in [0, 0.05) is 40.2 Å². The number of hydrogen-bond acceptors (Lipinski definition) is 6. The minimum Gasteiger partial charge on any atom is -0.458 e. The van der Waals surface area contributed by atoms with Gasteiger partial charge in [0.15, 0.2) is 0 Å². The van der Waals surface area contributed by atoms with E-state index < -0.39 is 16.5 Å². The van der Waals surface area contributed by atoms with Crippen molar-refractivity contribution in [3.63, 3.8) is 0 Å². The highest BCUT2D eigenvalue weighted by atomic mass is 35.5. The van der Waals surface area contributed by atoms with Crippen LogP contribution in [0.1, 0.15) is 16.7 Å². The first-order chi connectivity index (χ1) is 13.3. The summed E-state index contributed by atoms with van der Waals surface area (Å²) in [5, 5.41) is 11.7. The molecule has 0 atom stereocenters. The number of nitro benzene ring substituents is 1. The van der Waals surface area contributed by atoms with Gasteiger partial charge in [0.2, 0.25) is 0 Å². The molecule has 0 bridgehead atoms. The van der Waals surface area contributed by atoms with Crippen molar-refractivity contribution in [2.45, 2.75) is 13.5 Å². The molecule has 3 rings (SSSR count). The van der Waals surface area contributed by atoms with Crippen LogP contribution in [0.4, 0.5) is 5.69 Å². The van der Waals surface area contributed by atoms with Crippen molar-refractivity contribution >= 4 is 40.3 Å². The Hall–Kier alpha value is -3.45. The number of halogens is 1. The fourth-order valence-electron chi connectivity index (χ4n) is 2.54. The van der Waals surface area contributed by atoms with Gasteiger partial charge in [-0.2, -0.15) is 0 Å². The van der Waals surface area contributed by atoms with E-state index >= 15 is 0 Å². The molecular weight excluding hydrogens is 386 g/mol. The number of aryl methyl sites for hydroxylation is 1. The molecule has 0 saturated carbocycles. The van der Waals surface area contributed by atoms with Crippen LogP contribution in [-0.2, 0) is 16.1 Å². The second kappa shape index (κ2) is 8.06. The van der Waals surface area contributed by atoms with Gasteiger partial charge >= 0.3 is 11.6 Å². The van der Waals surface area contributed by atoms with Crippen LogP contribution in [0.5, 0.6) is 0 Å². The van der Waals surface area contributed by atoms with E-state index in [2.05, 4.69) is 0 Å². The Morgan fingerprint density at radius 1 is 1.25 bits per heavy atom. The van der Waals surface area contributed by atoms with E-state index in [-0.39, 0.29) is 12.3 Å². The van der Waals surface area contributed by atoms with Gasteiger partial charge in [-0.1, -0.05) is 11.6 Å². The average molecular weight is 400 g/mol. The number of carbonyl (C=O) groups is 1. The van der Waals surface area contributed by atoms with Crippen molar-refractivity contribution in [3.8, 4) is 0 Å². The Morgan fingerprint density at radius 2 is 1.96 bits per heavy atom. The van der Waals surface area contributed by atoms with E-state index in [4.69, 9.17) is 20.8 Å². The Balaban J connectivity index is 1.73. The van der Waals surface area contributed by atoms with Crippen LogP contribution in [0.2, 0.25) is 5.02 Å². The quantitative estimate of drug-likeness (QED) is 0.207. The summed E-state index contributed by atoms with van der Waals surface area (Å²) in [6.45, 7) is 1.66. The first kappa shape index (κ1) is 19.3. The van der Waals surface area contributed by atoms with Gasteiger partial charge in [-0.3, -0.25) is 10.1 Å². The van der Waals surface area contributed by atoms with Crippen LogP contribution < -0.4 is 5.63 Å². The van der Waals surface area contributed by atoms with E-state index in [1.807, 2.05) is 0 Å². The number of carbonyl (C=O) groups excluding carboxylic acids is 1. The zero-order chi connectivity index (χ0) is 20.3. The molecule has 2 aromatic carbocycles. The Kier molecular flexibility index (Phi) is 5.56. The Morgan fingerprint density at radius 3 is 2.64 bits per heavy atom. The van der Waals surface area contributed by atoms with Crippen molar-refractivity contribution in [2.24, 2.45) is 0 Å². The minimum atomic E-state index is -0.627. The number of ether oxygens (including phenoxy) is 1. The van der Waals surface area contributed by atoms with Crippen LogP contribution in [-0.4, -0.2) is 10.9 Å². The molecule has 0 spiro atoms. The zero-order valence-corrected chi connectivity index (χ0v) is 15.4. The largest absolute Gasteiger partial charge is 0.458 e. The minimum absolute atomic E-state index is 0.0385. The number of benzene rings is 2. The van der Waals surface area contributed by atoms with Crippen LogP contribution >= 0.6 is 11.6 Å². The maximum atomic E-state index is 12.0. The van der Waals surface area contributed by atoms with Gasteiger partial charge < -0.3 is 9.15 Å². The molecule has 3 aromatic rings. The van der Waals surface area contributed by atoms with Crippen molar-refractivity contribution in [2.75, 3.05) is 0 Å². The molecular formula is C20H14ClNO6. The van der Waals surface area contributed by atoms with Crippen LogP contribution in [0.15, 0.2) is 57.8 Å². The lowest BCUT2D eigenvalue weighted by atomic mass is 10.1. The fraction of sp³-hybridized carbons (Fsp3) is 0.100. The SMILES string of the molecule is Cc1cc2oc(=O)cc(COC(=O)/C=C/c3ccc([N+](=O)[O-])cc3)c2cc1Cl. The standard InChI is InChI=1S/C20H14ClNO6/c1-12-8-18-16(10-17(12)21)14(9-20(24)28-18)11-27-19(23)7-4-13-2-5-15(6-3-13)22(25)26/h2-10H,11H2,1H3/b7-4+. The Bertz CT molecular complexity index is 1150. The number of esters is 1. The van der Waals surface area contributed by atoms with Crippen LogP contribution in [0, 0.1) is 17.0 Å². The average Bonchev–Trinajstić information content (AvgIpc) is 2.66. The van der Waals surface area contributed by atoms with Crippen molar-refractivity contribution in [3.05, 3.63) is 90.8 Å². The number of nitrogens with zero attached hydrogens (tertiary/aromatic N) is 1. The fourth-order valence-corrected chi connectivity index (χ4v) is 2.70. The highest BCUT2D eigenvalue weighted by molar-refractivity contribution is 6.32. The summed E-state index contributed by atoms with van der Waals surface area (Å²) in [5.41, 5.74) is 1.62. The zero-order valence-electron chi connectivity index (χ0n) is 14.7. The molecule has 0 unspecified atom stereocenters. The van der Waals surface area contributed by atoms with Crippen molar-refractivity contribution < 1.29 is 18.9 Å². The smallest absolute Gasteiger partial charge is 0.336 e. The van der Waals surface area contributed by atoms with E-state index in [1.54, 1.807) is 19.1 Å². The van der Waals surface area contributed by atoms with Crippen LogP contribution in [0.25, 0.3) is 17.0 Å². The first-order valence-corrected chi connectivity index (χ1v) is 8.53. The molecule has 0 N–H and O–H groups in total. The second-order valence-corrected chi connectivity index (χ2v) is 6.39. The molecule has 0 aliphatic carbocycles. The van der Waals surface area contributed by atoms with Gasteiger partial charge in [-0.15, -0.1) is 0 Å². The number of rotatable bonds is 5. The topological polar surface area (TPSA) is 99.7 Å². The van der Waals surface area contributed by atoms with Crippen molar-refractivity contribution in [1.29, 1.82) is 0 Å². The van der Waals surface area contributed by atoms with Gasteiger partial charge in [-0.25, -0.2) is 9.59 Å². The van der Waals surface area contributed by atoms with Gasteiger partial charge in [0.05, 0.1) is 4.92 Å². The third-order valence-corrected chi connectivity index (χ3v) is 4.40. The summed E-state index contributed by atoms with van der Waals surface area (Å²) in [4.78, 5) is 33.8. The molecule has 0 radical (unpaired) electrons. The lowest BCUT2D eigenvalue weighted by molar-refractivity contribution is -0.384. The summed E-state index contributed by atoms with van der Waals surface area (Å²) in [6, 6.07) is 10.3. The molecule has 0 fully saturated rings. The molecule has 0 aliphatic rings. The predicted octanol–water partition coefficient (Wildman–Crippen LogP) is 4.42. The lowest BCUT2D eigenvalue weighted by Gasteiger charge is -2.07. The maximum Gasteiger partial charge on any atom is 0.336 e. The summed E-state index contributed by atoms with van der Waals surface area (Å²) in [5.74, 6) is -0.627. The maximum absolute atomic E-state index is 12.0. The summed E-state index contributed by atoms with van der Waals surface area (Å²) in [7, 11) is 0. The number of hydrogen-bond donors (Lipinski definition) is 0. The molecule has 7 nitrogen and oxygen atoms in total. The third-order valence-electron chi connectivity index (χ3n) is 4.00. The van der Waals surface area contributed by atoms with E-state index in [1.165, 1.54) is 42.5 Å². The number of non-ortho nitro benzene ring substituents is 1. The summed E-state index contributed by atoms with van der Waals surface area (Å²) < 4.78 is 10.3. The molecule has 28 heavy (non-hydrogen) atoms. The molecule has 0 aliphatic heterocycles. The Labute approximate surface area is 164 Å². The molecule has 1 aromatic heterocycles. The van der Waals surface area contributed by atoms with Gasteiger partial charge in [-0.05, 0) is 48.4 Å². The third kappa shape index (κ3) is 4.44. The second-order valence-electron chi connectivity index (χ2n) is 5.98. The van der Waals surface area contributed by atoms with Crippen molar-refractivity contribution in [1.82, 2.24) is 0 Å². The summed E-state index contributed by atoms with van der Waals surface area (Å²) in [6.07, 6.45) is 2.68. The van der Waals surface area contributed by atoms with Gasteiger partial charge in [0.25, 0.3) is 5.69 Å². The van der Waals surface area contributed by atoms with Crippen LogP contribution in [0.3, 0.4) is 0 Å². The predicted molar refractivity (Wildman–Crippen MR) is 104 cm³/mol. The molecule has 0 saturated heterocycles. The number of nitro groups is 1. The first-order valence-electron chi connectivity index (χ1n) is 8.15. The highest BCUT2D eigenvalue weighted by Gasteiger charge is 2.10. The van der Waals surface area contributed by atoms with E-state index in [9.17, 15) is 19.7 Å². The van der Waals surface area contributed by atoms with E-state index in [0.29, 0.717) is 27.1 Å². The molecule has 0 amide bonds. The molecule has 8 heteroatoms. The lowest BCUT2D eigenvalue weighted by Crippen LogP contribution is -2.05. The molecule has 1 heterocycles. The monoisotopic (exact) mass is 399 g/mol. The summed E-state index contributed by atoms with van der Waals surface area (Å²) >= 11 is 6.13. The normalized spacial score (nSPS) is 11.1. The van der Waals surface area contributed by atoms with E-state index in [0.717, 1.165) is 5.56 Å².